The highest BCUT2D eigenvalue weighted by Gasteiger charge is 1.96. The molecule has 2 N–H and O–H groups in total. The van der Waals surface area contributed by atoms with E-state index in [2.05, 4.69) is 20.4 Å². The Morgan fingerprint density at radius 2 is 2.46 bits per heavy atom. The van der Waals surface area contributed by atoms with Crippen LogP contribution >= 0.6 is 0 Å². The quantitative estimate of drug-likeness (QED) is 0.722. The average Bonchev–Trinajstić information content (AvgIpc) is 2.75. The van der Waals surface area contributed by atoms with Crippen LogP contribution in [-0.4, -0.2) is 15.1 Å². The van der Waals surface area contributed by atoms with Crippen molar-refractivity contribution in [1.29, 1.82) is 0 Å². The molecule has 0 aliphatic rings. The number of nitrogens with zero attached hydrogens (tertiary/aromatic N) is 2. The van der Waals surface area contributed by atoms with Crippen molar-refractivity contribution >= 4 is 0 Å². The highest BCUT2D eigenvalue weighted by atomic mass is 16.5. The summed E-state index contributed by atoms with van der Waals surface area (Å²) in [7, 11) is 0. The third-order valence-electron chi connectivity index (χ3n) is 1.67. The smallest absolute Gasteiger partial charge is 0.124 e. The van der Waals surface area contributed by atoms with Gasteiger partial charge in [0.05, 0.1) is 12.0 Å². The molecule has 0 fully saturated rings. The molecule has 0 atom stereocenters. The summed E-state index contributed by atoms with van der Waals surface area (Å²) in [6, 6.07) is 1.83. The molecule has 0 aliphatic heterocycles. The van der Waals surface area contributed by atoms with E-state index in [1.165, 1.54) is 0 Å². The van der Waals surface area contributed by atoms with E-state index in [1.807, 2.05) is 6.07 Å². The van der Waals surface area contributed by atoms with Crippen molar-refractivity contribution < 1.29 is 4.52 Å². The first-order valence-electron chi connectivity index (χ1n) is 4.02. The first kappa shape index (κ1) is 8.00. The molecule has 0 saturated carbocycles. The van der Waals surface area contributed by atoms with Crippen molar-refractivity contribution in [2.24, 2.45) is 0 Å². The second-order valence-corrected chi connectivity index (χ2v) is 2.67. The van der Waals surface area contributed by atoms with E-state index < -0.39 is 0 Å². The summed E-state index contributed by atoms with van der Waals surface area (Å²) < 4.78 is 4.69. The highest BCUT2D eigenvalue weighted by molar-refractivity contribution is 4.97. The molecule has 0 amide bonds. The molecule has 68 valence electrons. The number of aromatic nitrogens is 3. The van der Waals surface area contributed by atoms with Crippen LogP contribution in [0.25, 0.3) is 0 Å². The lowest BCUT2D eigenvalue weighted by Crippen LogP contribution is -2.12. The van der Waals surface area contributed by atoms with Gasteiger partial charge in [-0.2, -0.15) is 0 Å². The second-order valence-electron chi connectivity index (χ2n) is 2.67. The highest BCUT2D eigenvalue weighted by Crippen LogP contribution is 1.94. The minimum absolute atomic E-state index is 0.704. The monoisotopic (exact) mass is 178 g/mol. The maximum atomic E-state index is 4.69. The Bertz CT molecular complexity index is 293. The number of H-pyrrole nitrogens is 1. The Morgan fingerprint density at radius 3 is 3.15 bits per heavy atom. The topological polar surface area (TPSA) is 66.7 Å². The summed E-state index contributed by atoms with van der Waals surface area (Å²) in [5, 5.41) is 6.97. The van der Waals surface area contributed by atoms with Crippen molar-refractivity contribution in [2.45, 2.75) is 13.1 Å². The molecule has 0 saturated heterocycles. The molecule has 2 rings (SSSR count). The maximum Gasteiger partial charge on any atom is 0.124 e. The molecule has 0 bridgehead atoms. The van der Waals surface area contributed by atoms with Crippen molar-refractivity contribution in [3.63, 3.8) is 0 Å². The predicted molar refractivity (Wildman–Crippen MR) is 45.6 cm³/mol. The minimum atomic E-state index is 0.704. The van der Waals surface area contributed by atoms with E-state index in [0.29, 0.717) is 6.54 Å². The Morgan fingerprint density at radius 1 is 1.46 bits per heavy atom. The van der Waals surface area contributed by atoms with Crippen LogP contribution in [0.3, 0.4) is 0 Å². The molecule has 2 heterocycles. The lowest BCUT2D eigenvalue weighted by Gasteiger charge is -1.98. The maximum absolute atomic E-state index is 4.69. The molecule has 0 aliphatic carbocycles. The van der Waals surface area contributed by atoms with Crippen LogP contribution in [0.2, 0.25) is 0 Å². The van der Waals surface area contributed by atoms with Gasteiger partial charge < -0.3 is 14.8 Å². The van der Waals surface area contributed by atoms with Gasteiger partial charge in [-0.25, -0.2) is 4.98 Å². The SMILES string of the molecule is c1ncc(CNCc2ccon2)[nH]1. The van der Waals surface area contributed by atoms with Crippen LogP contribution in [-0.2, 0) is 13.1 Å². The van der Waals surface area contributed by atoms with Gasteiger partial charge in [-0.05, 0) is 0 Å². The van der Waals surface area contributed by atoms with Crippen LogP contribution in [0.15, 0.2) is 29.4 Å². The largest absolute Gasteiger partial charge is 0.364 e. The molecule has 0 unspecified atom stereocenters. The zero-order chi connectivity index (χ0) is 8.93. The molecular formula is C8H10N4O. The molecule has 0 aromatic carbocycles. The Kier molecular flexibility index (Phi) is 2.38. The summed E-state index contributed by atoms with van der Waals surface area (Å²) >= 11 is 0. The van der Waals surface area contributed by atoms with Gasteiger partial charge in [0.15, 0.2) is 0 Å². The number of hydrogen-bond donors (Lipinski definition) is 2. The van der Waals surface area contributed by atoms with Gasteiger partial charge in [0.1, 0.15) is 6.26 Å². The zero-order valence-corrected chi connectivity index (χ0v) is 7.03. The second kappa shape index (κ2) is 3.86. The number of aromatic amines is 1. The Labute approximate surface area is 75.2 Å². The standard InChI is InChI=1S/C8H10N4O/c1-2-13-12-7(1)3-9-4-8-5-10-6-11-8/h1-2,5-6,9H,3-4H2,(H,10,11). The minimum Gasteiger partial charge on any atom is -0.364 e. The summed E-state index contributed by atoms with van der Waals surface area (Å²) in [4.78, 5) is 6.91. The van der Waals surface area contributed by atoms with Gasteiger partial charge in [0, 0.05) is 31.0 Å². The number of hydrogen-bond acceptors (Lipinski definition) is 4. The van der Waals surface area contributed by atoms with Crippen molar-refractivity contribution in [3.8, 4) is 0 Å². The van der Waals surface area contributed by atoms with Crippen LogP contribution in [0.4, 0.5) is 0 Å². The van der Waals surface area contributed by atoms with E-state index >= 15 is 0 Å². The van der Waals surface area contributed by atoms with Gasteiger partial charge in [0.25, 0.3) is 0 Å². The number of rotatable bonds is 4. The fourth-order valence-corrected chi connectivity index (χ4v) is 1.04. The van der Waals surface area contributed by atoms with Crippen molar-refractivity contribution in [3.05, 3.63) is 36.2 Å². The summed E-state index contributed by atoms with van der Waals surface area (Å²) in [5.41, 5.74) is 1.96. The number of nitrogens with one attached hydrogen (secondary N) is 2. The molecule has 2 aromatic rings. The van der Waals surface area contributed by atoms with E-state index in [4.69, 9.17) is 4.52 Å². The first-order chi connectivity index (χ1) is 6.45. The van der Waals surface area contributed by atoms with Crippen LogP contribution in [0.5, 0.6) is 0 Å². The lowest BCUT2D eigenvalue weighted by atomic mass is 10.4. The van der Waals surface area contributed by atoms with E-state index in [0.717, 1.165) is 17.9 Å². The first-order valence-corrected chi connectivity index (χ1v) is 4.02. The van der Waals surface area contributed by atoms with Crippen LogP contribution < -0.4 is 5.32 Å². The summed E-state index contributed by atoms with van der Waals surface area (Å²) in [6.45, 7) is 1.46. The molecule has 2 aromatic heterocycles. The third-order valence-corrected chi connectivity index (χ3v) is 1.67. The molecular weight excluding hydrogens is 168 g/mol. The zero-order valence-electron chi connectivity index (χ0n) is 7.03. The molecule has 5 heteroatoms. The predicted octanol–water partition coefficient (Wildman–Crippen LogP) is 0.687. The van der Waals surface area contributed by atoms with E-state index in [-0.39, 0.29) is 0 Å². The van der Waals surface area contributed by atoms with Crippen LogP contribution in [0.1, 0.15) is 11.4 Å². The van der Waals surface area contributed by atoms with E-state index in [1.54, 1.807) is 18.8 Å². The summed E-state index contributed by atoms with van der Waals surface area (Å²) in [6.07, 6.45) is 5.01. The van der Waals surface area contributed by atoms with Gasteiger partial charge in [-0.3, -0.25) is 0 Å². The third kappa shape index (κ3) is 2.16. The van der Waals surface area contributed by atoms with Gasteiger partial charge in [-0.15, -0.1) is 0 Å². The van der Waals surface area contributed by atoms with Crippen LogP contribution in [0, 0.1) is 0 Å². The van der Waals surface area contributed by atoms with Gasteiger partial charge in [-0.1, -0.05) is 5.16 Å². The molecule has 5 nitrogen and oxygen atoms in total. The van der Waals surface area contributed by atoms with Gasteiger partial charge >= 0.3 is 0 Å². The average molecular weight is 178 g/mol. The van der Waals surface area contributed by atoms with Gasteiger partial charge in [0.2, 0.25) is 0 Å². The molecule has 13 heavy (non-hydrogen) atoms. The van der Waals surface area contributed by atoms with Crippen molar-refractivity contribution in [1.82, 2.24) is 20.4 Å². The normalized spacial score (nSPS) is 10.5. The molecule has 0 radical (unpaired) electrons. The summed E-state index contributed by atoms with van der Waals surface area (Å²) in [5.74, 6) is 0. The Balaban J connectivity index is 1.76. The molecule has 0 spiro atoms. The fourth-order valence-electron chi connectivity index (χ4n) is 1.04. The van der Waals surface area contributed by atoms with E-state index in [9.17, 15) is 0 Å². The van der Waals surface area contributed by atoms with Crippen molar-refractivity contribution in [2.75, 3.05) is 0 Å². The fraction of sp³-hybridized carbons (Fsp3) is 0.250. The Hall–Kier alpha value is -1.62. The lowest BCUT2D eigenvalue weighted by molar-refractivity contribution is 0.408. The number of imidazole rings is 1.